The number of thioether (sulfide) groups is 1. The SMILES string of the molecule is COc1ccc(SCCCC(=O)Nc2ccc3nc(C)sc3c2)cc1. The second kappa shape index (κ2) is 8.36. The molecule has 0 bridgehead atoms. The van der Waals surface area contributed by atoms with Crippen molar-refractivity contribution in [3.05, 3.63) is 47.5 Å². The van der Waals surface area contributed by atoms with Crippen LogP contribution in [0.15, 0.2) is 47.4 Å². The Bertz CT molecular complexity index is 859. The van der Waals surface area contributed by atoms with Gasteiger partial charge in [0.05, 0.1) is 22.3 Å². The summed E-state index contributed by atoms with van der Waals surface area (Å²) in [5.74, 6) is 1.82. The standard InChI is InChI=1S/C19H20N2O2S2/c1-13-20-17-10-5-14(12-18(17)25-13)21-19(22)4-3-11-24-16-8-6-15(23-2)7-9-16/h5-10,12H,3-4,11H2,1-2H3,(H,21,22). The number of aryl methyl sites for hydroxylation is 1. The summed E-state index contributed by atoms with van der Waals surface area (Å²) in [5.41, 5.74) is 1.82. The zero-order valence-electron chi connectivity index (χ0n) is 14.2. The number of nitrogens with zero attached hydrogens (tertiary/aromatic N) is 1. The van der Waals surface area contributed by atoms with Crippen molar-refractivity contribution in [3.63, 3.8) is 0 Å². The first-order chi connectivity index (χ1) is 12.1. The molecule has 1 amide bonds. The number of hydrogen-bond donors (Lipinski definition) is 1. The van der Waals surface area contributed by atoms with Gasteiger partial charge in [-0.1, -0.05) is 0 Å². The molecule has 4 nitrogen and oxygen atoms in total. The van der Waals surface area contributed by atoms with E-state index >= 15 is 0 Å². The third kappa shape index (κ3) is 4.96. The monoisotopic (exact) mass is 372 g/mol. The Labute approximate surface area is 155 Å². The van der Waals surface area contributed by atoms with Crippen molar-refractivity contribution in [2.45, 2.75) is 24.7 Å². The fraction of sp³-hybridized carbons (Fsp3) is 0.263. The molecule has 0 fully saturated rings. The van der Waals surface area contributed by atoms with Crippen LogP contribution in [0.2, 0.25) is 0 Å². The predicted octanol–water partition coefficient (Wildman–Crippen LogP) is 5.12. The van der Waals surface area contributed by atoms with Gasteiger partial charge in [-0.05, 0) is 61.6 Å². The number of fused-ring (bicyclic) bond motifs is 1. The molecule has 130 valence electrons. The number of amides is 1. The maximum Gasteiger partial charge on any atom is 0.224 e. The largest absolute Gasteiger partial charge is 0.497 e. The number of thiazole rings is 1. The summed E-state index contributed by atoms with van der Waals surface area (Å²) in [7, 11) is 1.66. The summed E-state index contributed by atoms with van der Waals surface area (Å²) < 4.78 is 6.25. The van der Waals surface area contributed by atoms with Crippen molar-refractivity contribution < 1.29 is 9.53 Å². The molecule has 0 radical (unpaired) electrons. The average Bonchev–Trinajstić information content (AvgIpc) is 2.98. The summed E-state index contributed by atoms with van der Waals surface area (Å²) >= 11 is 3.39. The van der Waals surface area contributed by atoms with Crippen LogP contribution in [0.3, 0.4) is 0 Å². The first-order valence-corrected chi connectivity index (χ1v) is 9.88. The number of methoxy groups -OCH3 is 1. The molecule has 0 aliphatic rings. The molecule has 0 atom stereocenters. The van der Waals surface area contributed by atoms with Gasteiger partial charge >= 0.3 is 0 Å². The minimum Gasteiger partial charge on any atom is -0.497 e. The lowest BCUT2D eigenvalue weighted by Crippen LogP contribution is -2.11. The van der Waals surface area contributed by atoms with E-state index in [0.717, 1.165) is 38.8 Å². The summed E-state index contributed by atoms with van der Waals surface area (Å²) in [6.45, 7) is 1.99. The van der Waals surface area contributed by atoms with Crippen LogP contribution >= 0.6 is 23.1 Å². The summed E-state index contributed by atoms with van der Waals surface area (Å²) in [6.07, 6.45) is 1.35. The highest BCUT2D eigenvalue weighted by molar-refractivity contribution is 7.99. The van der Waals surface area contributed by atoms with Gasteiger partial charge in [-0.15, -0.1) is 23.1 Å². The molecule has 0 saturated carbocycles. The van der Waals surface area contributed by atoms with E-state index in [4.69, 9.17) is 4.74 Å². The van der Waals surface area contributed by atoms with Crippen molar-refractivity contribution in [1.29, 1.82) is 0 Å². The molecular formula is C19H20N2O2S2. The fourth-order valence-electron chi connectivity index (χ4n) is 2.44. The minimum atomic E-state index is 0.0518. The molecular weight excluding hydrogens is 352 g/mol. The zero-order valence-corrected chi connectivity index (χ0v) is 15.9. The highest BCUT2D eigenvalue weighted by atomic mass is 32.2. The van der Waals surface area contributed by atoms with Crippen LogP contribution in [-0.2, 0) is 4.79 Å². The molecule has 6 heteroatoms. The van der Waals surface area contributed by atoms with Crippen molar-refractivity contribution in [2.75, 3.05) is 18.2 Å². The zero-order chi connectivity index (χ0) is 17.6. The highest BCUT2D eigenvalue weighted by Gasteiger charge is 2.06. The van der Waals surface area contributed by atoms with Gasteiger partial charge in [-0.3, -0.25) is 4.79 Å². The van der Waals surface area contributed by atoms with Gasteiger partial charge in [0.2, 0.25) is 5.91 Å². The lowest BCUT2D eigenvalue weighted by atomic mass is 10.2. The fourth-order valence-corrected chi connectivity index (χ4v) is 4.16. The smallest absolute Gasteiger partial charge is 0.224 e. The number of anilines is 1. The number of ether oxygens (including phenoxy) is 1. The first kappa shape index (κ1) is 17.8. The van der Waals surface area contributed by atoms with Gasteiger partial charge in [0.15, 0.2) is 0 Å². The Kier molecular flexibility index (Phi) is 5.94. The Balaban J connectivity index is 1.43. The van der Waals surface area contributed by atoms with Gasteiger partial charge in [-0.2, -0.15) is 0 Å². The lowest BCUT2D eigenvalue weighted by molar-refractivity contribution is -0.116. The number of nitrogens with one attached hydrogen (secondary N) is 1. The van der Waals surface area contributed by atoms with E-state index in [9.17, 15) is 4.79 Å². The predicted molar refractivity (Wildman–Crippen MR) is 106 cm³/mol. The van der Waals surface area contributed by atoms with E-state index in [2.05, 4.69) is 10.3 Å². The second-order valence-corrected chi connectivity index (χ2v) is 7.99. The van der Waals surface area contributed by atoms with Gasteiger partial charge in [0, 0.05) is 17.0 Å². The number of hydrogen-bond acceptors (Lipinski definition) is 5. The Morgan fingerprint density at radius 3 is 2.80 bits per heavy atom. The molecule has 1 aromatic heterocycles. The Morgan fingerprint density at radius 1 is 1.24 bits per heavy atom. The Hall–Kier alpha value is -2.05. The van der Waals surface area contributed by atoms with Gasteiger partial charge in [0.1, 0.15) is 5.75 Å². The van der Waals surface area contributed by atoms with Crippen molar-refractivity contribution in [3.8, 4) is 5.75 Å². The summed E-state index contributed by atoms with van der Waals surface area (Å²) in [4.78, 5) is 17.7. The van der Waals surface area contributed by atoms with E-state index in [1.54, 1.807) is 30.2 Å². The summed E-state index contributed by atoms with van der Waals surface area (Å²) in [6, 6.07) is 13.8. The number of benzene rings is 2. The number of rotatable bonds is 7. The van der Waals surface area contributed by atoms with Crippen LogP contribution in [0.4, 0.5) is 5.69 Å². The minimum absolute atomic E-state index is 0.0518. The molecule has 3 rings (SSSR count). The second-order valence-electron chi connectivity index (χ2n) is 5.59. The van der Waals surface area contributed by atoms with E-state index in [1.807, 2.05) is 49.4 Å². The van der Waals surface area contributed by atoms with Gasteiger partial charge in [-0.25, -0.2) is 4.98 Å². The first-order valence-electron chi connectivity index (χ1n) is 8.08. The van der Waals surface area contributed by atoms with Crippen LogP contribution in [0.1, 0.15) is 17.8 Å². The number of carbonyl (C=O) groups is 1. The van der Waals surface area contributed by atoms with Crippen molar-refractivity contribution in [2.24, 2.45) is 0 Å². The van der Waals surface area contributed by atoms with Crippen molar-refractivity contribution in [1.82, 2.24) is 4.98 Å². The molecule has 3 aromatic rings. The molecule has 25 heavy (non-hydrogen) atoms. The van der Waals surface area contributed by atoms with E-state index in [1.165, 1.54) is 4.90 Å². The molecule has 2 aromatic carbocycles. The molecule has 1 heterocycles. The molecule has 0 saturated heterocycles. The van der Waals surface area contributed by atoms with Gasteiger partial charge < -0.3 is 10.1 Å². The molecule has 0 aliphatic carbocycles. The van der Waals surface area contributed by atoms with E-state index in [-0.39, 0.29) is 5.91 Å². The van der Waals surface area contributed by atoms with E-state index in [0.29, 0.717) is 6.42 Å². The number of aromatic nitrogens is 1. The number of carbonyl (C=O) groups excluding carboxylic acids is 1. The normalized spacial score (nSPS) is 10.8. The third-order valence-corrected chi connectivity index (χ3v) is 5.69. The van der Waals surface area contributed by atoms with E-state index < -0.39 is 0 Å². The molecule has 0 aliphatic heterocycles. The van der Waals surface area contributed by atoms with Crippen LogP contribution in [0.25, 0.3) is 10.2 Å². The topological polar surface area (TPSA) is 51.2 Å². The summed E-state index contributed by atoms with van der Waals surface area (Å²) in [5, 5.41) is 4.01. The maximum atomic E-state index is 12.1. The quantitative estimate of drug-likeness (QED) is 0.462. The lowest BCUT2D eigenvalue weighted by Gasteiger charge is -2.06. The van der Waals surface area contributed by atoms with Crippen LogP contribution in [0, 0.1) is 6.92 Å². The Morgan fingerprint density at radius 2 is 2.04 bits per heavy atom. The van der Waals surface area contributed by atoms with Gasteiger partial charge in [0.25, 0.3) is 0 Å². The highest BCUT2D eigenvalue weighted by Crippen LogP contribution is 2.25. The molecule has 0 unspecified atom stereocenters. The molecule has 1 N–H and O–H groups in total. The van der Waals surface area contributed by atoms with Crippen molar-refractivity contribution >= 4 is 44.9 Å². The molecule has 0 spiro atoms. The average molecular weight is 373 g/mol. The van der Waals surface area contributed by atoms with Crippen LogP contribution in [0.5, 0.6) is 5.75 Å². The van der Waals surface area contributed by atoms with Crippen LogP contribution in [-0.4, -0.2) is 23.8 Å². The third-order valence-electron chi connectivity index (χ3n) is 3.66. The maximum absolute atomic E-state index is 12.1. The van der Waals surface area contributed by atoms with Crippen LogP contribution < -0.4 is 10.1 Å².